The van der Waals surface area contributed by atoms with E-state index in [2.05, 4.69) is 5.32 Å². The summed E-state index contributed by atoms with van der Waals surface area (Å²) in [6.07, 6.45) is 4.13. The monoisotopic (exact) mass is 367 g/mol. The first-order chi connectivity index (χ1) is 12.5. The van der Waals surface area contributed by atoms with Crippen molar-refractivity contribution in [1.29, 1.82) is 0 Å². The number of urea groups is 1. The molecule has 2 N–H and O–H groups in total. The van der Waals surface area contributed by atoms with Gasteiger partial charge in [-0.3, -0.25) is 4.79 Å². The average molecular weight is 367 g/mol. The molecule has 2 heterocycles. The first-order valence-corrected chi connectivity index (χ1v) is 8.98. The van der Waals surface area contributed by atoms with E-state index < -0.39 is 29.6 Å². The molecular weight excluding hydrogens is 344 g/mol. The molecule has 1 unspecified atom stereocenters. The van der Waals surface area contributed by atoms with Crippen LogP contribution in [0.1, 0.15) is 32.1 Å². The molecule has 0 aliphatic carbocycles. The zero-order chi connectivity index (χ0) is 18.7. The molecule has 8 heteroatoms. The molecule has 1 atom stereocenters. The zero-order valence-corrected chi connectivity index (χ0v) is 14.5. The summed E-state index contributed by atoms with van der Waals surface area (Å²) < 4.78 is 27.5. The van der Waals surface area contributed by atoms with Crippen LogP contribution in [0.4, 0.5) is 25.0 Å². The molecule has 0 radical (unpaired) electrons. The van der Waals surface area contributed by atoms with E-state index >= 15 is 0 Å². The van der Waals surface area contributed by atoms with E-state index in [-0.39, 0.29) is 12.2 Å². The minimum absolute atomic E-state index is 0.115. The number of carboxylic acid groups (broad SMARTS) is 1. The minimum atomic E-state index is -1.02. The number of anilines is 2. The number of aliphatic carboxylic acids is 1. The zero-order valence-electron chi connectivity index (χ0n) is 14.5. The van der Waals surface area contributed by atoms with Crippen molar-refractivity contribution in [2.75, 3.05) is 36.4 Å². The average Bonchev–Trinajstić information content (AvgIpc) is 2.65. The summed E-state index contributed by atoms with van der Waals surface area (Å²) in [6, 6.07) is 1.63. The highest BCUT2D eigenvalue weighted by atomic mass is 19.2. The quantitative estimate of drug-likeness (QED) is 0.860. The van der Waals surface area contributed by atoms with Gasteiger partial charge in [0.1, 0.15) is 0 Å². The molecule has 0 bridgehead atoms. The molecule has 0 aromatic heterocycles. The molecule has 2 amide bonds. The molecule has 6 nitrogen and oxygen atoms in total. The first kappa shape index (κ1) is 18.4. The van der Waals surface area contributed by atoms with Crippen molar-refractivity contribution in [2.24, 2.45) is 5.92 Å². The van der Waals surface area contributed by atoms with Crippen LogP contribution in [-0.4, -0.2) is 48.2 Å². The molecule has 26 heavy (non-hydrogen) atoms. The number of carbonyl (C=O) groups is 2. The number of benzene rings is 1. The van der Waals surface area contributed by atoms with Crippen LogP contribution in [0.3, 0.4) is 0 Å². The number of nitrogens with zero attached hydrogens (tertiary/aromatic N) is 2. The van der Waals surface area contributed by atoms with Crippen molar-refractivity contribution in [3.8, 4) is 0 Å². The van der Waals surface area contributed by atoms with Crippen LogP contribution in [0, 0.1) is 17.6 Å². The maximum atomic E-state index is 13.8. The fraction of sp³-hybridized carbons (Fsp3) is 0.556. The van der Waals surface area contributed by atoms with Crippen molar-refractivity contribution in [3.63, 3.8) is 0 Å². The predicted octanol–water partition coefficient (Wildman–Crippen LogP) is 3.28. The lowest BCUT2D eigenvalue weighted by Crippen LogP contribution is -2.44. The third-order valence-corrected chi connectivity index (χ3v) is 5.03. The molecule has 2 aliphatic heterocycles. The van der Waals surface area contributed by atoms with Crippen molar-refractivity contribution in [1.82, 2.24) is 4.90 Å². The number of piperidine rings is 2. The summed E-state index contributed by atoms with van der Waals surface area (Å²) in [5, 5.41) is 11.8. The second kappa shape index (κ2) is 7.88. The first-order valence-electron chi connectivity index (χ1n) is 8.98. The molecule has 1 aromatic carbocycles. The number of amides is 2. The standard InChI is InChI=1S/C18H23F2N3O3/c19-13-9-15(16(10-14(13)20)22-6-2-1-3-7-22)21-18(26)23-8-4-5-12(11-23)17(24)25/h9-10,12H,1-8,11H2,(H,21,26)(H,24,25). The molecule has 2 saturated heterocycles. The van der Waals surface area contributed by atoms with Gasteiger partial charge in [-0.1, -0.05) is 0 Å². The van der Waals surface area contributed by atoms with E-state index in [4.69, 9.17) is 5.11 Å². The number of rotatable bonds is 3. The lowest BCUT2D eigenvalue weighted by atomic mass is 9.99. The molecule has 1 aromatic rings. The number of hydrogen-bond donors (Lipinski definition) is 2. The van der Waals surface area contributed by atoms with E-state index in [9.17, 15) is 18.4 Å². The Morgan fingerprint density at radius 1 is 1.04 bits per heavy atom. The molecule has 2 fully saturated rings. The summed E-state index contributed by atoms with van der Waals surface area (Å²) in [6.45, 7) is 2.00. The van der Waals surface area contributed by atoms with Crippen molar-refractivity contribution >= 4 is 23.4 Å². The number of carbonyl (C=O) groups excluding carboxylic acids is 1. The Morgan fingerprint density at radius 2 is 1.73 bits per heavy atom. The second-order valence-electron chi connectivity index (χ2n) is 6.88. The van der Waals surface area contributed by atoms with Gasteiger partial charge in [-0.15, -0.1) is 0 Å². The summed E-state index contributed by atoms with van der Waals surface area (Å²) in [5.74, 6) is -3.50. The van der Waals surface area contributed by atoms with Crippen molar-refractivity contribution < 1.29 is 23.5 Å². The Hall–Kier alpha value is -2.38. The maximum absolute atomic E-state index is 13.8. The van der Waals surface area contributed by atoms with E-state index in [1.54, 1.807) is 0 Å². The third-order valence-electron chi connectivity index (χ3n) is 5.03. The van der Waals surface area contributed by atoms with Gasteiger partial charge in [0.25, 0.3) is 0 Å². The van der Waals surface area contributed by atoms with Crippen LogP contribution in [0.25, 0.3) is 0 Å². The lowest BCUT2D eigenvalue weighted by molar-refractivity contribution is -0.143. The molecule has 2 aliphatic rings. The van der Waals surface area contributed by atoms with Crippen LogP contribution in [0.2, 0.25) is 0 Å². The van der Waals surface area contributed by atoms with E-state index in [1.807, 2.05) is 4.90 Å². The van der Waals surface area contributed by atoms with Crippen LogP contribution in [-0.2, 0) is 4.79 Å². The number of carboxylic acids is 1. The Kier molecular flexibility index (Phi) is 5.58. The SMILES string of the molecule is O=C(O)C1CCCN(C(=O)Nc2cc(F)c(F)cc2N2CCCCC2)C1. The van der Waals surface area contributed by atoms with E-state index in [1.165, 1.54) is 4.90 Å². The molecule has 3 rings (SSSR count). The largest absolute Gasteiger partial charge is 0.481 e. The number of halogens is 2. The van der Waals surface area contributed by atoms with Gasteiger partial charge >= 0.3 is 12.0 Å². The Bertz CT molecular complexity index is 693. The molecule has 0 saturated carbocycles. The number of hydrogen-bond acceptors (Lipinski definition) is 3. The fourth-order valence-electron chi connectivity index (χ4n) is 3.59. The van der Waals surface area contributed by atoms with Gasteiger partial charge < -0.3 is 20.2 Å². The van der Waals surface area contributed by atoms with Crippen molar-refractivity contribution in [3.05, 3.63) is 23.8 Å². The lowest BCUT2D eigenvalue weighted by Gasteiger charge is -2.33. The van der Waals surface area contributed by atoms with Gasteiger partial charge in [0, 0.05) is 38.3 Å². The van der Waals surface area contributed by atoms with Gasteiger partial charge in [-0.05, 0) is 32.1 Å². The third kappa shape index (κ3) is 4.05. The van der Waals surface area contributed by atoms with Crippen LogP contribution in [0.15, 0.2) is 12.1 Å². The van der Waals surface area contributed by atoms with Crippen LogP contribution >= 0.6 is 0 Å². The highest BCUT2D eigenvalue weighted by molar-refractivity contribution is 5.93. The van der Waals surface area contributed by atoms with E-state index in [0.29, 0.717) is 25.1 Å². The minimum Gasteiger partial charge on any atom is -0.481 e. The summed E-state index contributed by atoms with van der Waals surface area (Å²) >= 11 is 0. The Morgan fingerprint density at radius 3 is 2.42 bits per heavy atom. The summed E-state index contributed by atoms with van der Waals surface area (Å²) in [7, 11) is 0. The van der Waals surface area contributed by atoms with Crippen LogP contribution < -0.4 is 10.2 Å². The Labute approximate surface area is 150 Å². The molecule has 142 valence electrons. The second-order valence-corrected chi connectivity index (χ2v) is 6.88. The highest BCUT2D eigenvalue weighted by Gasteiger charge is 2.29. The number of nitrogens with one attached hydrogen (secondary N) is 1. The highest BCUT2D eigenvalue weighted by Crippen LogP contribution is 2.31. The predicted molar refractivity (Wildman–Crippen MR) is 93.4 cm³/mol. The van der Waals surface area contributed by atoms with Gasteiger partial charge in [-0.2, -0.15) is 0 Å². The Balaban J connectivity index is 1.78. The van der Waals surface area contributed by atoms with Gasteiger partial charge in [0.15, 0.2) is 11.6 Å². The maximum Gasteiger partial charge on any atom is 0.321 e. The van der Waals surface area contributed by atoms with Gasteiger partial charge in [-0.25, -0.2) is 13.6 Å². The number of likely N-dealkylation sites (tertiary alicyclic amines) is 1. The van der Waals surface area contributed by atoms with Crippen molar-refractivity contribution in [2.45, 2.75) is 32.1 Å². The van der Waals surface area contributed by atoms with Gasteiger partial charge in [0.05, 0.1) is 17.3 Å². The van der Waals surface area contributed by atoms with Crippen LogP contribution in [0.5, 0.6) is 0 Å². The normalized spacial score (nSPS) is 20.8. The smallest absolute Gasteiger partial charge is 0.321 e. The fourth-order valence-corrected chi connectivity index (χ4v) is 3.59. The summed E-state index contributed by atoms with van der Waals surface area (Å²) in [4.78, 5) is 27.1. The van der Waals surface area contributed by atoms with E-state index in [0.717, 1.165) is 44.5 Å². The molecule has 0 spiro atoms. The summed E-state index contributed by atoms with van der Waals surface area (Å²) in [5.41, 5.74) is 0.678. The topological polar surface area (TPSA) is 72.9 Å². The van der Waals surface area contributed by atoms with Gasteiger partial charge in [0.2, 0.25) is 0 Å². The molecular formula is C18H23F2N3O3.